The molecule has 1 aromatic carbocycles. The first-order valence-corrected chi connectivity index (χ1v) is 8.49. The van der Waals surface area contributed by atoms with Crippen LogP contribution in [0.15, 0.2) is 6.07 Å². The Morgan fingerprint density at radius 2 is 1.86 bits per heavy atom. The molecule has 0 aliphatic carbocycles. The molecule has 126 valence electrons. The maximum absolute atomic E-state index is 10.1. The molecule has 0 aliphatic rings. The van der Waals surface area contributed by atoms with Gasteiger partial charge in [0, 0.05) is 10.6 Å². The van der Waals surface area contributed by atoms with Crippen molar-refractivity contribution in [1.29, 1.82) is 0 Å². The summed E-state index contributed by atoms with van der Waals surface area (Å²) in [6.45, 7) is 10.4. The molecule has 3 atom stereocenters. The first-order valence-electron chi connectivity index (χ1n) is 8.11. The number of aliphatic hydroxyl groups is 2. The lowest BCUT2D eigenvalue weighted by Gasteiger charge is -2.26. The number of halogens is 1. The van der Waals surface area contributed by atoms with Crippen LogP contribution >= 0.6 is 11.6 Å². The fraction of sp³-hybridized carbons (Fsp3) is 0.667. The van der Waals surface area contributed by atoms with E-state index in [-0.39, 0.29) is 5.92 Å². The third kappa shape index (κ3) is 4.61. The van der Waals surface area contributed by atoms with Crippen LogP contribution in [0.5, 0.6) is 5.75 Å². The zero-order valence-electron chi connectivity index (χ0n) is 14.3. The van der Waals surface area contributed by atoms with Gasteiger partial charge in [-0.1, -0.05) is 25.4 Å². The molecule has 0 amide bonds. The molecule has 1 aromatic rings. The summed E-state index contributed by atoms with van der Waals surface area (Å²) in [6.07, 6.45) is 0.801. The van der Waals surface area contributed by atoms with Crippen molar-refractivity contribution < 1.29 is 14.9 Å². The Bertz CT molecular complexity index is 486. The zero-order chi connectivity index (χ0) is 16.9. The van der Waals surface area contributed by atoms with E-state index in [0.717, 1.165) is 40.3 Å². The summed E-state index contributed by atoms with van der Waals surface area (Å²) in [5.74, 6) is 0.988. The second-order valence-electron chi connectivity index (χ2n) is 6.04. The highest BCUT2D eigenvalue weighted by atomic mass is 35.5. The van der Waals surface area contributed by atoms with Crippen LogP contribution in [-0.4, -0.2) is 29.0 Å². The molecule has 3 unspecified atom stereocenters. The van der Waals surface area contributed by atoms with Gasteiger partial charge in [-0.25, -0.2) is 0 Å². The molecule has 4 heteroatoms. The number of aliphatic hydroxyl groups excluding tert-OH is 2. The molecular weight excluding hydrogens is 300 g/mol. The summed E-state index contributed by atoms with van der Waals surface area (Å²) in [5, 5.41) is 20.4. The van der Waals surface area contributed by atoms with Gasteiger partial charge >= 0.3 is 0 Å². The number of ether oxygens (including phenoxy) is 1. The van der Waals surface area contributed by atoms with Crippen molar-refractivity contribution in [3.63, 3.8) is 0 Å². The van der Waals surface area contributed by atoms with Gasteiger partial charge < -0.3 is 14.9 Å². The lowest BCUT2D eigenvalue weighted by atomic mass is 9.85. The van der Waals surface area contributed by atoms with Gasteiger partial charge in [-0.05, 0) is 63.1 Å². The van der Waals surface area contributed by atoms with Crippen LogP contribution in [-0.2, 0) is 0 Å². The van der Waals surface area contributed by atoms with E-state index in [1.165, 1.54) is 0 Å². The molecule has 0 heterocycles. The summed E-state index contributed by atoms with van der Waals surface area (Å²) in [6, 6.07) is 1.93. The Morgan fingerprint density at radius 1 is 1.23 bits per heavy atom. The highest BCUT2D eigenvalue weighted by molar-refractivity contribution is 6.31. The van der Waals surface area contributed by atoms with Crippen molar-refractivity contribution in [2.45, 2.75) is 72.0 Å². The second kappa shape index (κ2) is 8.76. The summed E-state index contributed by atoms with van der Waals surface area (Å²) in [5.41, 5.74) is 3.09. The number of hydrogen-bond donors (Lipinski definition) is 2. The standard InChI is InChI=1S/C18H29ClO3/c1-6-8-22-18-11(3)9-15(19)12(4)17(18)14(7-2)10-16(21)13(5)20/h9,13-14,16,20-21H,6-8,10H2,1-5H3. The molecule has 0 aliphatic heterocycles. The third-order valence-electron chi connectivity index (χ3n) is 4.14. The fourth-order valence-electron chi connectivity index (χ4n) is 2.74. The van der Waals surface area contributed by atoms with Gasteiger partial charge in [0.2, 0.25) is 0 Å². The van der Waals surface area contributed by atoms with Crippen LogP contribution < -0.4 is 4.74 Å². The van der Waals surface area contributed by atoms with Crippen molar-refractivity contribution in [1.82, 2.24) is 0 Å². The van der Waals surface area contributed by atoms with Crippen molar-refractivity contribution in [3.8, 4) is 5.75 Å². The minimum atomic E-state index is -0.748. The van der Waals surface area contributed by atoms with Gasteiger partial charge in [0.1, 0.15) is 5.75 Å². The Balaban J connectivity index is 3.27. The number of benzene rings is 1. The van der Waals surface area contributed by atoms with Crippen LogP contribution in [0.25, 0.3) is 0 Å². The predicted octanol–water partition coefficient (Wildman–Crippen LogP) is 4.37. The SMILES string of the molecule is CCCOc1c(C)cc(Cl)c(C)c1C(CC)CC(O)C(C)O. The molecule has 0 saturated heterocycles. The van der Waals surface area contributed by atoms with Gasteiger partial charge in [0.05, 0.1) is 18.8 Å². The quantitative estimate of drug-likeness (QED) is 0.745. The molecule has 0 fully saturated rings. The molecule has 0 bridgehead atoms. The van der Waals surface area contributed by atoms with Crippen molar-refractivity contribution in [2.24, 2.45) is 0 Å². The Hall–Kier alpha value is -0.770. The van der Waals surface area contributed by atoms with E-state index in [0.29, 0.717) is 13.0 Å². The lowest BCUT2D eigenvalue weighted by molar-refractivity contribution is 0.0213. The van der Waals surface area contributed by atoms with Crippen LogP contribution in [0.1, 0.15) is 62.6 Å². The molecule has 0 spiro atoms. The number of hydrogen-bond acceptors (Lipinski definition) is 3. The first kappa shape index (κ1) is 19.3. The Kier molecular flexibility index (Phi) is 7.67. The number of aryl methyl sites for hydroxylation is 1. The normalized spacial score (nSPS) is 15.5. The molecule has 1 rings (SSSR count). The van der Waals surface area contributed by atoms with E-state index in [4.69, 9.17) is 16.3 Å². The molecule has 3 nitrogen and oxygen atoms in total. The van der Waals surface area contributed by atoms with E-state index in [9.17, 15) is 10.2 Å². The van der Waals surface area contributed by atoms with E-state index in [1.807, 2.05) is 19.9 Å². The van der Waals surface area contributed by atoms with Gasteiger partial charge in [-0.2, -0.15) is 0 Å². The monoisotopic (exact) mass is 328 g/mol. The summed E-state index contributed by atoms with van der Waals surface area (Å²) in [7, 11) is 0. The molecule has 22 heavy (non-hydrogen) atoms. The van der Waals surface area contributed by atoms with Crippen LogP contribution in [0.4, 0.5) is 0 Å². The minimum Gasteiger partial charge on any atom is -0.493 e. The maximum Gasteiger partial charge on any atom is 0.126 e. The average Bonchev–Trinajstić information content (AvgIpc) is 2.47. The van der Waals surface area contributed by atoms with Gasteiger partial charge in [0.15, 0.2) is 0 Å². The van der Waals surface area contributed by atoms with Gasteiger partial charge in [-0.15, -0.1) is 0 Å². The molecule has 0 saturated carbocycles. The zero-order valence-corrected chi connectivity index (χ0v) is 15.1. The molecule has 0 aromatic heterocycles. The highest BCUT2D eigenvalue weighted by Gasteiger charge is 2.25. The number of rotatable bonds is 8. The topological polar surface area (TPSA) is 49.7 Å². The van der Waals surface area contributed by atoms with Gasteiger partial charge in [-0.3, -0.25) is 0 Å². The Labute approximate surface area is 139 Å². The van der Waals surface area contributed by atoms with E-state index in [1.54, 1.807) is 6.92 Å². The minimum absolute atomic E-state index is 0.105. The largest absolute Gasteiger partial charge is 0.493 e. The van der Waals surface area contributed by atoms with Crippen LogP contribution in [0, 0.1) is 13.8 Å². The summed E-state index contributed by atoms with van der Waals surface area (Å²) < 4.78 is 5.97. The lowest BCUT2D eigenvalue weighted by Crippen LogP contribution is -2.25. The van der Waals surface area contributed by atoms with Crippen molar-refractivity contribution in [2.75, 3.05) is 6.61 Å². The second-order valence-corrected chi connectivity index (χ2v) is 6.45. The van der Waals surface area contributed by atoms with E-state index < -0.39 is 12.2 Å². The molecule has 0 radical (unpaired) electrons. The highest BCUT2D eigenvalue weighted by Crippen LogP contribution is 2.40. The van der Waals surface area contributed by atoms with Crippen LogP contribution in [0.2, 0.25) is 5.02 Å². The van der Waals surface area contributed by atoms with Crippen LogP contribution in [0.3, 0.4) is 0 Å². The Morgan fingerprint density at radius 3 is 2.36 bits per heavy atom. The van der Waals surface area contributed by atoms with Crippen molar-refractivity contribution in [3.05, 3.63) is 27.8 Å². The summed E-state index contributed by atoms with van der Waals surface area (Å²) in [4.78, 5) is 0. The van der Waals surface area contributed by atoms with E-state index in [2.05, 4.69) is 13.8 Å². The fourth-order valence-corrected chi connectivity index (χ4v) is 3.01. The van der Waals surface area contributed by atoms with Gasteiger partial charge in [0.25, 0.3) is 0 Å². The summed E-state index contributed by atoms with van der Waals surface area (Å²) >= 11 is 6.36. The molecule has 2 N–H and O–H groups in total. The predicted molar refractivity (Wildman–Crippen MR) is 92.0 cm³/mol. The van der Waals surface area contributed by atoms with E-state index >= 15 is 0 Å². The first-order chi connectivity index (χ1) is 10.3. The smallest absolute Gasteiger partial charge is 0.126 e. The maximum atomic E-state index is 10.1. The van der Waals surface area contributed by atoms with Crippen molar-refractivity contribution >= 4 is 11.6 Å². The molecular formula is C18H29ClO3. The average molecular weight is 329 g/mol. The third-order valence-corrected chi connectivity index (χ3v) is 4.54.